The summed E-state index contributed by atoms with van der Waals surface area (Å²) >= 11 is 0. The summed E-state index contributed by atoms with van der Waals surface area (Å²) in [5.74, 6) is 1.17. The van der Waals surface area contributed by atoms with Crippen molar-refractivity contribution in [2.45, 2.75) is 25.8 Å². The fourth-order valence-electron chi connectivity index (χ4n) is 4.63. The maximum absolute atomic E-state index is 5.11. The highest BCUT2D eigenvalue weighted by molar-refractivity contribution is 6.02. The summed E-state index contributed by atoms with van der Waals surface area (Å²) in [7, 11) is 0. The van der Waals surface area contributed by atoms with E-state index in [1.54, 1.807) is 0 Å². The normalized spacial score (nSPS) is 19.0. The summed E-state index contributed by atoms with van der Waals surface area (Å²) in [6.45, 7) is 2.85. The molecule has 3 aromatic carbocycles. The Kier molecular flexibility index (Phi) is 4.91. The van der Waals surface area contributed by atoms with Crippen LogP contribution in [0.1, 0.15) is 24.0 Å². The van der Waals surface area contributed by atoms with Crippen molar-refractivity contribution in [3.05, 3.63) is 90.0 Å². The van der Waals surface area contributed by atoms with E-state index in [1.807, 2.05) is 0 Å². The summed E-state index contributed by atoms with van der Waals surface area (Å²) in [5, 5.41) is 7.20. The zero-order valence-electron chi connectivity index (χ0n) is 16.7. The van der Waals surface area contributed by atoms with Crippen LogP contribution in [0.15, 0.2) is 83.9 Å². The lowest BCUT2D eigenvalue weighted by molar-refractivity contribution is 0.293. The lowest BCUT2D eigenvalue weighted by atomic mass is 9.71. The Bertz CT molecular complexity index is 1000. The predicted molar refractivity (Wildman–Crippen MR) is 121 cm³/mol. The van der Waals surface area contributed by atoms with Crippen molar-refractivity contribution in [1.82, 2.24) is 5.32 Å². The van der Waals surface area contributed by atoms with Gasteiger partial charge in [0.1, 0.15) is 5.84 Å². The highest BCUT2D eigenvalue weighted by Crippen LogP contribution is 2.40. The molecule has 3 heteroatoms. The first kappa shape index (κ1) is 18.1. The molecule has 5 rings (SSSR count). The van der Waals surface area contributed by atoms with Crippen LogP contribution in [0, 0.1) is 5.41 Å². The SMILES string of the molecule is c1ccc(-c2ccc(CN=C3Nc4ccccc4CC34CCNCC4)cc2)cc1. The summed E-state index contributed by atoms with van der Waals surface area (Å²) < 4.78 is 0. The van der Waals surface area contributed by atoms with Crippen LogP contribution < -0.4 is 10.6 Å². The monoisotopic (exact) mass is 381 g/mol. The van der Waals surface area contributed by atoms with Crippen molar-refractivity contribution in [2.24, 2.45) is 10.4 Å². The van der Waals surface area contributed by atoms with Gasteiger partial charge in [0.2, 0.25) is 0 Å². The summed E-state index contributed by atoms with van der Waals surface area (Å²) in [6.07, 6.45) is 3.36. The van der Waals surface area contributed by atoms with Crippen LogP contribution in [0.5, 0.6) is 0 Å². The Labute approximate surface area is 172 Å². The molecular formula is C26H27N3. The fraction of sp³-hybridized carbons (Fsp3) is 0.269. The van der Waals surface area contributed by atoms with Crippen LogP contribution in [-0.2, 0) is 13.0 Å². The third kappa shape index (κ3) is 3.70. The zero-order chi connectivity index (χ0) is 19.5. The molecule has 2 N–H and O–H groups in total. The van der Waals surface area contributed by atoms with Crippen molar-refractivity contribution in [1.29, 1.82) is 0 Å². The number of para-hydroxylation sites is 1. The van der Waals surface area contributed by atoms with E-state index in [4.69, 9.17) is 4.99 Å². The van der Waals surface area contributed by atoms with E-state index < -0.39 is 0 Å². The van der Waals surface area contributed by atoms with Crippen LogP contribution in [0.25, 0.3) is 11.1 Å². The van der Waals surface area contributed by atoms with Crippen LogP contribution in [0.4, 0.5) is 5.69 Å². The third-order valence-electron chi connectivity index (χ3n) is 6.34. The van der Waals surface area contributed by atoms with Gasteiger partial charge in [0, 0.05) is 11.1 Å². The molecule has 0 radical (unpaired) electrons. The van der Waals surface area contributed by atoms with Gasteiger partial charge in [-0.2, -0.15) is 0 Å². The van der Waals surface area contributed by atoms with Crippen LogP contribution in [0.3, 0.4) is 0 Å². The van der Waals surface area contributed by atoms with Gasteiger partial charge in [-0.15, -0.1) is 0 Å². The minimum absolute atomic E-state index is 0.142. The fourth-order valence-corrected chi connectivity index (χ4v) is 4.63. The van der Waals surface area contributed by atoms with E-state index in [2.05, 4.69) is 89.5 Å². The van der Waals surface area contributed by atoms with Gasteiger partial charge in [0.15, 0.2) is 0 Å². The number of aliphatic imine (C=N–C) groups is 1. The number of piperidine rings is 1. The van der Waals surface area contributed by atoms with Gasteiger partial charge in [0.05, 0.1) is 6.54 Å². The van der Waals surface area contributed by atoms with E-state index in [0.717, 1.165) is 38.9 Å². The molecule has 1 spiro atoms. The lowest BCUT2D eigenvalue weighted by Gasteiger charge is -2.42. The Morgan fingerprint density at radius 2 is 1.45 bits per heavy atom. The second kappa shape index (κ2) is 7.84. The average Bonchev–Trinajstić information content (AvgIpc) is 2.79. The first-order valence-electron chi connectivity index (χ1n) is 10.6. The number of hydrogen-bond donors (Lipinski definition) is 2. The number of amidine groups is 1. The zero-order valence-corrected chi connectivity index (χ0v) is 16.7. The molecule has 0 atom stereocenters. The van der Waals surface area contributed by atoms with Crippen molar-refractivity contribution in [3.8, 4) is 11.1 Å². The summed E-state index contributed by atoms with van der Waals surface area (Å²) in [5.41, 5.74) is 6.53. The lowest BCUT2D eigenvalue weighted by Crippen LogP contribution is -2.48. The van der Waals surface area contributed by atoms with E-state index in [-0.39, 0.29) is 5.41 Å². The number of hydrogen-bond acceptors (Lipinski definition) is 2. The minimum atomic E-state index is 0.142. The van der Waals surface area contributed by atoms with Gasteiger partial charge in [-0.3, -0.25) is 4.99 Å². The molecule has 0 amide bonds. The first-order valence-corrected chi connectivity index (χ1v) is 10.6. The quantitative estimate of drug-likeness (QED) is 0.647. The molecule has 29 heavy (non-hydrogen) atoms. The number of anilines is 1. The van der Waals surface area contributed by atoms with E-state index in [9.17, 15) is 0 Å². The second-order valence-corrected chi connectivity index (χ2v) is 8.22. The van der Waals surface area contributed by atoms with Gasteiger partial charge in [-0.25, -0.2) is 0 Å². The van der Waals surface area contributed by atoms with Gasteiger partial charge in [0.25, 0.3) is 0 Å². The third-order valence-corrected chi connectivity index (χ3v) is 6.34. The van der Waals surface area contributed by atoms with Crippen molar-refractivity contribution in [3.63, 3.8) is 0 Å². The Balaban J connectivity index is 1.40. The molecule has 1 saturated heterocycles. The Morgan fingerprint density at radius 3 is 2.24 bits per heavy atom. The molecule has 0 aromatic heterocycles. The van der Waals surface area contributed by atoms with Crippen molar-refractivity contribution >= 4 is 11.5 Å². The number of benzene rings is 3. The van der Waals surface area contributed by atoms with E-state index in [1.165, 1.54) is 33.8 Å². The molecule has 0 unspecified atom stereocenters. The smallest absolute Gasteiger partial charge is 0.108 e. The molecule has 3 aromatic rings. The standard InChI is InChI=1S/C26H27N3/c1-2-6-21(7-3-1)22-12-10-20(11-13-22)19-28-25-26(14-16-27-17-15-26)18-23-8-4-5-9-24(23)29-25/h1-13,27H,14-19H2,(H,28,29). The second-order valence-electron chi connectivity index (χ2n) is 8.22. The van der Waals surface area contributed by atoms with Crippen LogP contribution >= 0.6 is 0 Å². The topological polar surface area (TPSA) is 36.4 Å². The molecular weight excluding hydrogens is 354 g/mol. The van der Waals surface area contributed by atoms with Crippen LogP contribution in [0.2, 0.25) is 0 Å². The number of nitrogens with one attached hydrogen (secondary N) is 2. The average molecular weight is 382 g/mol. The highest BCUT2D eigenvalue weighted by atomic mass is 15.0. The largest absolute Gasteiger partial charge is 0.343 e. The highest BCUT2D eigenvalue weighted by Gasteiger charge is 2.40. The van der Waals surface area contributed by atoms with Crippen molar-refractivity contribution in [2.75, 3.05) is 18.4 Å². The molecule has 0 saturated carbocycles. The van der Waals surface area contributed by atoms with Gasteiger partial charge < -0.3 is 10.6 Å². The van der Waals surface area contributed by atoms with Gasteiger partial charge in [-0.1, -0.05) is 72.8 Å². The Morgan fingerprint density at radius 1 is 0.759 bits per heavy atom. The molecule has 3 nitrogen and oxygen atoms in total. The minimum Gasteiger partial charge on any atom is -0.343 e. The number of rotatable bonds is 3. The molecule has 0 aliphatic carbocycles. The number of fused-ring (bicyclic) bond motifs is 1. The number of nitrogens with zero attached hydrogens (tertiary/aromatic N) is 1. The van der Waals surface area contributed by atoms with Crippen molar-refractivity contribution < 1.29 is 0 Å². The molecule has 0 bridgehead atoms. The maximum Gasteiger partial charge on any atom is 0.108 e. The predicted octanol–water partition coefficient (Wildman–Crippen LogP) is 5.29. The molecule has 1 fully saturated rings. The first-order chi connectivity index (χ1) is 14.3. The summed E-state index contributed by atoms with van der Waals surface area (Å²) in [4.78, 5) is 5.11. The molecule has 2 aliphatic heterocycles. The molecule has 2 aliphatic rings. The Hall–Kier alpha value is -2.91. The van der Waals surface area contributed by atoms with Gasteiger partial charge in [-0.05, 0) is 60.7 Å². The van der Waals surface area contributed by atoms with Gasteiger partial charge >= 0.3 is 0 Å². The van der Waals surface area contributed by atoms with E-state index >= 15 is 0 Å². The maximum atomic E-state index is 5.11. The van der Waals surface area contributed by atoms with Crippen LogP contribution in [-0.4, -0.2) is 18.9 Å². The summed E-state index contributed by atoms with van der Waals surface area (Å²) in [6, 6.07) is 28.0. The molecule has 146 valence electrons. The van der Waals surface area contributed by atoms with E-state index in [0.29, 0.717) is 0 Å². The molecule has 2 heterocycles.